The molecule has 1 fully saturated rings. The van der Waals surface area contributed by atoms with Gasteiger partial charge in [0.25, 0.3) is 0 Å². The van der Waals surface area contributed by atoms with Crippen molar-refractivity contribution in [3.8, 4) is 11.3 Å². The first-order valence-electron chi connectivity index (χ1n) is 6.88. The van der Waals surface area contributed by atoms with Crippen LogP contribution in [0.5, 0.6) is 0 Å². The third kappa shape index (κ3) is 1.91. The zero-order chi connectivity index (χ0) is 13.5. The highest BCUT2D eigenvalue weighted by atomic mass is 16.5. The van der Waals surface area contributed by atoms with Crippen LogP contribution in [0.2, 0.25) is 0 Å². The Labute approximate surface area is 116 Å². The molecular weight excluding hydrogens is 252 g/mol. The molecule has 1 saturated heterocycles. The van der Waals surface area contributed by atoms with Crippen molar-refractivity contribution >= 4 is 11.0 Å². The molecule has 0 saturated carbocycles. The van der Waals surface area contributed by atoms with Gasteiger partial charge >= 0.3 is 0 Å². The third-order valence-electron chi connectivity index (χ3n) is 3.82. The summed E-state index contributed by atoms with van der Waals surface area (Å²) in [7, 11) is 0. The Morgan fingerprint density at radius 2 is 2.30 bits per heavy atom. The lowest BCUT2D eigenvalue weighted by atomic mass is 10.1. The molecule has 5 nitrogen and oxygen atoms in total. The van der Waals surface area contributed by atoms with Crippen LogP contribution in [-0.2, 0) is 11.3 Å². The number of rotatable bonds is 3. The second-order valence-corrected chi connectivity index (χ2v) is 5.32. The maximum Gasteiger partial charge on any atom is 0.0959 e. The molecule has 3 aromatic rings. The first-order valence-corrected chi connectivity index (χ1v) is 6.88. The number of benzene rings is 1. The summed E-state index contributed by atoms with van der Waals surface area (Å²) in [5, 5.41) is 7.26. The molecule has 0 aliphatic carbocycles. The fourth-order valence-electron chi connectivity index (χ4n) is 2.58. The molecule has 20 heavy (non-hydrogen) atoms. The highest BCUT2D eigenvalue weighted by Crippen LogP contribution is 2.24. The normalized spacial score (nSPS) is 18.4. The van der Waals surface area contributed by atoms with E-state index in [-0.39, 0.29) is 0 Å². The lowest BCUT2D eigenvalue weighted by Gasteiger charge is -2.26. The highest BCUT2D eigenvalue weighted by molar-refractivity contribution is 5.81. The zero-order valence-electron chi connectivity index (χ0n) is 11.3. The summed E-state index contributed by atoms with van der Waals surface area (Å²) < 4.78 is 7.65. The van der Waals surface area contributed by atoms with Crippen molar-refractivity contribution in [1.82, 2.24) is 19.7 Å². The molecule has 1 aromatic carbocycles. The molecule has 2 aromatic heterocycles. The van der Waals surface area contributed by atoms with Gasteiger partial charge in [0, 0.05) is 17.9 Å². The molecule has 4 rings (SSSR count). The Morgan fingerprint density at radius 1 is 1.40 bits per heavy atom. The van der Waals surface area contributed by atoms with Crippen molar-refractivity contribution in [3.63, 3.8) is 0 Å². The second-order valence-electron chi connectivity index (χ2n) is 5.32. The van der Waals surface area contributed by atoms with E-state index in [9.17, 15) is 0 Å². The minimum Gasteiger partial charge on any atom is -0.376 e. The molecule has 1 aliphatic heterocycles. The Hall–Kier alpha value is -2.14. The van der Waals surface area contributed by atoms with E-state index in [0.717, 1.165) is 47.6 Å². The fourth-order valence-corrected chi connectivity index (χ4v) is 2.58. The van der Waals surface area contributed by atoms with E-state index in [4.69, 9.17) is 4.74 Å². The van der Waals surface area contributed by atoms with Crippen LogP contribution in [0.15, 0.2) is 30.6 Å². The average molecular weight is 268 g/mol. The van der Waals surface area contributed by atoms with Gasteiger partial charge in [-0.1, -0.05) is 6.07 Å². The maximum absolute atomic E-state index is 5.49. The molecule has 1 N–H and O–H groups in total. The SMILES string of the molecule is Cc1cc(-c2ccc3c(c2)ncn3C[C@@H]2CCO2)n[nH]1. The van der Waals surface area contributed by atoms with E-state index in [1.807, 2.05) is 19.3 Å². The Bertz CT molecular complexity index is 754. The Kier molecular flexibility index (Phi) is 2.60. The van der Waals surface area contributed by atoms with Gasteiger partial charge in [0.1, 0.15) is 0 Å². The van der Waals surface area contributed by atoms with Gasteiger partial charge in [-0.05, 0) is 31.5 Å². The molecule has 1 atom stereocenters. The molecule has 0 amide bonds. The minimum atomic E-state index is 0.348. The van der Waals surface area contributed by atoms with E-state index in [1.165, 1.54) is 0 Å². The summed E-state index contributed by atoms with van der Waals surface area (Å²) in [6.07, 6.45) is 3.39. The van der Waals surface area contributed by atoms with Crippen LogP contribution in [0.4, 0.5) is 0 Å². The highest BCUT2D eigenvalue weighted by Gasteiger charge is 2.19. The summed E-state index contributed by atoms with van der Waals surface area (Å²) in [4.78, 5) is 4.49. The summed E-state index contributed by atoms with van der Waals surface area (Å²) in [5.41, 5.74) is 5.26. The van der Waals surface area contributed by atoms with Crippen molar-refractivity contribution in [1.29, 1.82) is 0 Å². The van der Waals surface area contributed by atoms with Crippen molar-refractivity contribution in [2.24, 2.45) is 0 Å². The summed E-state index contributed by atoms with van der Waals surface area (Å²) >= 11 is 0. The van der Waals surface area contributed by atoms with Gasteiger partial charge in [-0.15, -0.1) is 0 Å². The number of aromatic nitrogens is 4. The zero-order valence-corrected chi connectivity index (χ0v) is 11.3. The lowest BCUT2D eigenvalue weighted by Crippen LogP contribution is -2.30. The average Bonchev–Trinajstić information content (AvgIpc) is 3.00. The summed E-state index contributed by atoms with van der Waals surface area (Å²) in [5.74, 6) is 0. The van der Waals surface area contributed by atoms with E-state index in [1.54, 1.807) is 0 Å². The van der Waals surface area contributed by atoms with Crippen LogP contribution in [0.1, 0.15) is 12.1 Å². The number of nitrogens with one attached hydrogen (secondary N) is 1. The van der Waals surface area contributed by atoms with Gasteiger partial charge < -0.3 is 9.30 Å². The van der Waals surface area contributed by atoms with E-state index >= 15 is 0 Å². The van der Waals surface area contributed by atoms with E-state index in [0.29, 0.717) is 6.10 Å². The second kappa shape index (κ2) is 4.45. The van der Waals surface area contributed by atoms with Crippen LogP contribution in [0, 0.1) is 6.92 Å². The minimum absolute atomic E-state index is 0.348. The molecule has 5 heteroatoms. The van der Waals surface area contributed by atoms with Gasteiger partial charge in [0.05, 0.1) is 35.7 Å². The molecular formula is C15H16N4O. The maximum atomic E-state index is 5.49. The van der Waals surface area contributed by atoms with Gasteiger partial charge in [-0.3, -0.25) is 5.10 Å². The summed E-state index contributed by atoms with van der Waals surface area (Å²) in [6.45, 7) is 3.78. The number of aromatic amines is 1. The monoisotopic (exact) mass is 268 g/mol. The van der Waals surface area contributed by atoms with Crippen molar-refractivity contribution in [3.05, 3.63) is 36.3 Å². The molecule has 102 valence electrons. The molecule has 1 aliphatic rings. The van der Waals surface area contributed by atoms with Crippen LogP contribution in [0.3, 0.4) is 0 Å². The van der Waals surface area contributed by atoms with E-state index < -0.39 is 0 Å². The molecule has 0 bridgehead atoms. The first kappa shape index (κ1) is 11.7. The number of hydrogen-bond acceptors (Lipinski definition) is 3. The van der Waals surface area contributed by atoms with Gasteiger partial charge in [0.15, 0.2) is 0 Å². The quantitative estimate of drug-likeness (QED) is 0.794. The van der Waals surface area contributed by atoms with E-state index in [2.05, 4.69) is 37.9 Å². The predicted molar refractivity (Wildman–Crippen MR) is 76.4 cm³/mol. The van der Waals surface area contributed by atoms with Crippen LogP contribution < -0.4 is 0 Å². The number of H-pyrrole nitrogens is 1. The summed E-state index contributed by atoms with van der Waals surface area (Å²) in [6, 6.07) is 8.33. The largest absolute Gasteiger partial charge is 0.376 e. The van der Waals surface area contributed by atoms with Crippen LogP contribution in [0.25, 0.3) is 22.3 Å². The van der Waals surface area contributed by atoms with Crippen LogP contribution >= 0.6 is 0 Å². The Morgan fingerprint density at radius 3 is 3.00 bits per heavy atom. The molecule has 3 heterocycles. The number of fused-ring (bicyclic) bond motifs is 1. The number of nitrogens with zero attached hydrogens (tertiary/aromatic N) is 3. The van der Waals surface area contributed by atoms with Crippen molar-refractivity contribution in [2.45, 2.75) is 26.0 Å². The van der Waals surface area contributed by atoms with Crippen molar-refractivity contribution in [2.75, 3.05) is 6.61 Å². The van der Waals surface area contributed by atoms with Crippen molar-refractivity contribution < 1.29 is 4.74 Å². The molecule has 0 spiro atoms. The van der Waals surface area contributed by atoms with Crippen LogP contribution in [-0.4, -0.2) is 32.5 Å². The van der Waals surface area contributed by atoms with Gasteiger partial charge in [0.2, 0.25) is 0 Å². The number of hydrogen-bond donors (Lipinski definition) is 1. The van der Waals surface area contributed by atoms with Gasteiger partial charge in [-0.2, -0.15) is 5.10 Å². The lowest BCUT2D eigenvalue weighted by molar-refractivity contribution is -0.0586. The number of ether oxygens (including phenoxy) is 1. The topological polar surface area (TPSA) is 55.7 Å². The third-order valence-corrected chi connectivity index (χ3v) is 3.82. The predicted octanol–water partition coefficient (Wildman–Crippen LogP) is 2.52. The molecule has 0 radical (unpaired) electrons. The number of imidazole rings is 1. The standard InChI is InChI=1S/C15H16N4O/c1-10-6-13(18-17-10)11-2-3-15-14(7-11)16-9-19(15)8-12-4-5-20-12/h2-3,6-7,9,12H,4-5,8H2,1H3,(H,17,18)/t12-/m0/s1. The molecule has 0 unspecified atom stereocenters. The first-order chi connectivity index (χ1) is 9.79. The Balaban J connectivity index is 1.69. The fraction of sp³-hybridized carbons (Fsp3) is 0.333. The number of aryl methyl sites for hydroxylation is 1. The van der Waals surface area contributed by atoms with Gasteiger partial charge in [-0.25, -0.2) is 4.98 Å². The smallest absolute Gasteiger partial charge is 0.0959 e.